The van der Waals surface area contributed by atoms with E-state index < -0.39 is 0 Å². The number of hydrogen-bond acceptors (Lipinski definition) is 4. The molecule has 0 aliphatic carbocycles. The number of fused-ring (bicyclic) bond motifs is 1. The monoisotopic (exact) mass is 292 g/mol. The Morgan fingerprint density at radius 3 is 2.81 bits per heavy atom. The van der Waals surface area contributed by atoms with Gasteiger partial charge in [0.15, 0.2) is 11.5 Å². The molecule has 0 saturated carbocycles. The molecule has 0 bridgehead atoms. The van der Waals surface area contributed by atoms with Crippen LogP contribution in [0.15, 0.2) is 18.2 Å². The Hall–Kier alpha value is -1.75. The van der Waals surface area contributed by atoms with Crippen LogP contribution in [0.3, 0.4) is 0 Å². The van der Waals surface area contributed by atoms with E-state index in [4.69, 9.17) is 15.2 Å². The summed E-state index contributed by atoms with van der Waals surface area (Å²) in [5, 5.41) is 0. The van der Waals surface area contributed by atoms with Gasteiger partial charge in [-0.2, -0.15) is 0 Å². The maximum Gasteiger partial charge on any atom is 0.231 e. The van der Waals surface area contributed by atoms with E-state index in [0.29, 0.717) is 19.5 Å². The zero-order valence-corrected chi connectivity index (χ0v) is 12.8. The first-order chi connectivity index (χ1) is 10.1. The van der Waals surface area contributed by atoms with Crippen LogP contribution in [-0.2, 0) is 11.3 Å². The number of rotatable bonds is 7. The molecule has 0 saturated heterocycles. The second-order valence-corrected chi connectivity index (χ2v) is 5.35. The topological polar surface area (TPSA) is 64.8 Å². The lowest BCUT2D eigenvalue weighted by Crippen LogP contribution is -2.35. The smallest absolute Gasteiger partial charge is 0.231 e. The van der Waals surface area contributed by atoms with Gasteiger partial charge < -0.3 is 20.1 Å². The third kappa shape index (κ3) is 4.11. The first kappa shape index (κ1) is 15.6. The largest absolute Gasteiger partial charge is 0.454 e. The molecule has 5 nitrogen and oxygen atoms in total. The van der Waals surface area contributed by atoms with Crippen molar-refractivity contribution in [3.63, 3.8) is 0 Å². The summed E-state index contributed by atoms with van der Waals surface area (Å²) in [5.41, 5.74) is 7.00. The van der Waals surface area contributed by atoms with Crippen LogP contribution in [-0.4, -0.2) is 30.2 Å². The fourth-order valence-electron chi connectivity index (χ4n) is 2.46. The molecule has 0 aromatic heterocycles. The number of hydrogen-bond donors (Lipinski definition) is 1. The first-order valence-corrected chi connectivity index (χ1v) is 7.55. The Balaban J connectivity index is 1.96. The van der Waals surface area contributed by atoms with Crippen molar-refractivity contribution >= 4 is 5.91 Å². The van der Waals surface area contributed by atoms with Gasteiger partial charge in [0, 0.05) is 25.6 Å². The highest BCUT2D eigenvalue weighted by Gasteiger charge is 2.18. The minimum Gasteiger partial charge on any atom is -0.454 e. The van der Waals surface area contributed by atoms with Crippen molar-refractivity contribution in [3.05, 3.63) is 23.8 Å². The van der Waals surface area contributed by atoms with Gasteiger partial charge in [-0.15, -0.1) is 0 Å². The molecule has 1 atom stereocenters. The van der Waals surface area contributed by atoms with Gasteiger partial charge in [0.2, 0.25) is 12.7 Å². The molecule has 2 N–H and O–H groups in total. The molecule has 1 aromatic rings. The van der Waals surface area contributed by atoms with Gasteiger partial charge in [0.25, 0.3) is 0 Å². The van der Waals surface area contributed by atoms with Gasteiger partial charge in [0.05, 0.1) is 0 Å². The third-order valence-corrected chi connectivity index (χ3v) is 3.64. The summed E-state index contributed by atoms with van der Waals surface area (Å²) < 4.78 is 10.7. The fourth-order valence-corrected chi connectivity index (χ4v) is 2.46. The highest BCUT2D eigenvalue weighted by molar-refractivity contribution is 5.76. The highest BCUT2D eigenvalue weighted by Crippen LogP contribution is 2.32. The highest BCUT2D eigenvalue weighted by atomic mass is 16.7. The summed E-state index contributed by atoms with van der Waals surface area (Å²) in [6.45, 7) is 5.57. The standard InChI is InChI=1S/C16H24N2O3/c1-3-5-13(17)9-16(19)18(4-2)10-12-6-7-14-15(8-12)21-11-20-14/h6-8,13H,3-5,9-11,17H2,1-2H3. The van der Waals surface area contributed by atoms with Crippen molar-refractivity contribution < 1.29 is 14.3 Å². The molecule has 1 aliphatic heterocycles. The Morgan fingerprint density at radius 1 is 1.33 bits per heavy atom. The molecule has 0 radical (unpaired) electrons. The lowest BCUT2D eigenvalue weighted by Gasteiger charge is -2.23. The molecule has 1 amide bonds. The van der Waals surface area contributed by atoms with E-state index >= 15 is 0 Å². The summed E-state index contributed by atoms with van der Waals surface area (Å²) in [6.07, 6.45) is 2.29. The number of nitrogens with two attached hydrogens (primary N) is 1. The molecular formula is C16H24N2O3. The Kier molecular flexibility index (Phi) is 5.44. The lowest BCUT2D eigenvalue weighted by molar-refractivity contribution is -0.132. The first-order valence-electron chi connectivity index (χ1n) is 7.55. The lowest BCUT2D eigenvalue weighted by atomic mass is 10.1. The van der Waals surface area contributed by atoms with Crippen molar-refractivity contribution in [2.45, 2.75) is 45.7 Å². The van der Waals surface area contributed by atoms with Gasteiger partial charge in [-0.1, -0.05) is 19.4 Å². The van der Waals surface area contributed by atoms with Crippen LogP contribution >= 0.6 is 0 Å². The predicted octanol–water partition coefficient (Wildman–Crippen LogP) is 2.28. The molecule has 116 valence electrons. The van der Waals surface area contributed by atoms with E-state index in [1.165, 1.54) is 0 Å². The summed E-state index contributed by atoms with van der Waals surface area (Å²) in [5.74, 6) is 1.62. The van der Waals surface area contributed by atoms with E-state index in [2.05, 4.69) is 6.92 Å². The van der Waals surface area contributed by atoms with Crippen molar-refractivity contribution in [1.29, 1.82) is 0 Å². The second-order valence-electron chi connectivity index (χ2n) is 5.35. The molecule has 1 aliphatic rings. The second kappa shape index (κ2) is 7.31. The maximum absolute atomic E-state index is 12.3. The zero-order chi connectivity index (χ0) is 15.2. The molecule has 1 heterocycles. The zero-order valence-electron chi connectivity index (χ0n) is 12.8. The van der Waals surface area contributed by atoms with Gasteiger partial charge in [-0.25, -0.2) is 0 Å². The van der Waals surface area contributed by atoms with Crippen molar-refractivity contribution in [2.75, 3.05) is 13.3 Å². The van der Waals surface area contributed by atoms with Gasteiger partial charge in [-0.05, 0) is 31.0 Å². The van der Waals surface area contributed by atoms with Gasteiger partial charge in [0.1, 0.15) is 0 Å². The molecule has 5 heteroatoms. The Morgan fingerprint density at radius 2 is 2.10 bits per heavy atom. The minimum atomic E-state index is -0.0479. The van der Waals surface area contributed by atoms with Crippen LogP contribution in [0.4, 0.5) is 0 Å². The van der Waals surface area contributed by atoms with Gasteiger partial charge >= 0.3 is 0 Å². The van der Waals surface area contributed by atoms with Crippen LogP contribution in [0, 0.1) is 0 Å². The maximum atomic E-state index is 12.3. The minimum absolute atomic E-state index is 0.0479. The third-order valence-electron chi connectivity index (χ3n) is 3.64. The van der Waals surface area contributed by atoms with Crippen LogP contribution < -0.4 is 15.2 Å². The van der Waals surface area contributed by atoms with Crippen molar-refractivity contribution in [3.8, 4) is 11.5 Å². The van der Waals surface area contributed by atoms with E-state index in [0.717, 1.165) is 29.9 Å². The van der Waals surface area contributed by atoms with E-state index in [9.17, 15) is 4.79 Å². The average Bonchev–Trinajstić information content (AvgIpc) is 2.92. The van der Waals surface area contributed by atoms with E-state index in [1.807, 2.05) is 30.0 Å². The molecule has 1 unspecified atom stereocenters. The van der Waals surface area contributed by atoms with Crippen LogP contribution in [0.25, 0.3) is 0 Å². The summed E-state index contributed by atoms with van der Waals surface area (Å²) in [4.78, 5) is 14.1. The number of benzene rings is 1. The fraction of sp³-hybridized carbons (Fsp3) is 0.562. The summed E-state index contributed by atoms with van der Waals surface area (Å²) in [7, 11) is 0. The number of nitrogens with zero attached hydrogens (tertiary/aromatic N) is 1. The number of carbonyl (C=O) groups excluding carboxylic acids is 1. The van der Waals surface area contributed by atoms with Crippen LogP contribution in [0.2, 0.25) is 0 Å². The Labute approximate surface area is 126 Å². The molecule has 0 spiro atoms. The van der Waals surface area contributed by atoms with E-state index in [-0.39, 0.29) is 18.7 Å². The molecular weight excluding hydrogens is 268 g/mol. The molecule has 1 aromatic carbocycles. The summed E-state index contributed by atoms with van der Waals surface area (Å²) in [6, 6.07) is 5.74. The molecule has 21 heavy (non-hydrogen) atoms. The molecule has 0 fully saturated rings. The SMILES string of the molecule is CCCC(N)CC(=O)N(CC)Cc1ccc2c(c1)OCO2. The predicted molar refractivity (Wildman–Crippen MR) is 81.2 cm³/mol. The Bertz CT molecular complexity index is 490. The average molecular weight is 292 g/mol. The quantitative estimate of drug-likeness (QED) is 0.837. The van der Waals surface area contributed by atoms with Crippen molar-refractivity contribution in [2.24, 2.45) is 5.73 Å². The van der Waals surface area contributed by atoms with E-state index in [1.54, 1.807) is 0 Å². The van der Waals surface area contributed by atoms with Crippen LogP contribution in [0.5, 0.6) is 11.5 Å². The molecule has 2 rings (SSSR count). The number of amides is 1. The van der Waals surface area contributed by atoms with Gasteiger partial charge in [-0.3, -0.25) is 4.79 Å². The number of carbonyl (C=O) groups is 1. The van der Waals surface area contributed by atoms with Crippen molar-refractivity contribution in [1.82, 2.24) is 4.90 Å². The summed E-state index contributed by atoms with van der Waals surface area (Å²) >= 11 is 0. The number of ether oxygens (including phenoxy) is 2. The van der Waals surface area contributed by atoms with Crippen LogP contribution in [0.1, 0.15) is 38.7 Å². The normalized spacial score (nSPS) is 14.0.